The Morgan fingerprint density at radius 1 is 0.328 bits per heavy atom. The molecule has 2 heterocycles. The third-order valence-corrected chi connectivity index (χ3v) is 32.0. The number of aryl methyl sites for hydroxylation is 2. The number of aromatic nitrogens is 2. The summed E-state index contributed by atoms with van der Waals surface area (Å²) in [6, 6.07) is 49.9. The first kappa shape index (κ1) is 97.0. The molecule has 0 radical (unpaired) electrons. The summed E-state index contributed by atoms with van der Waals surface area (Å²) in [6.45, 7) is 72.0. The van der Waals surface area contributed by atoms with Gasteiger partial charge in [0.15, 0.2) is 13.2 Å². The second kappa shape index (κ2) is 37.1. The molecule has 0 aliphatic carbocycles. The van der Waals surface area contributed by atoms with Crippen LogP contribution in [-0.2, 0) is 58.3 Å². The maximum atomic E-state index is 14.0. The molecule has 10 aromatic rings. The Morgan fingerprint density at radius 2 is 0.603 bits per heavy atom. The van der Waals surface area contributed by atoms with Crippen LogP contribution >= 0.6 is 0 Å². The van der Waals surface area contributed by atoms with Crippen LogP contribution in [0.1, 0.15) is 307 Å². The van der Waals surface area contributed by atoms with E-state index in [-0.39, 0.29) is 95.5 Å². The number of phenols is 2. The molecule has 0 atom stereocenters. The van der Waals surface area contributed by atoms with E-state index >= 15 is 0 Å². The van der Waals surface area contributed by atoms with Gasteiger partial charge in [0.25, 0.3) is 11.5 Å². The predicted octanol–water partition coefficient (Wildman–Crippen LogP) is 30.9. The van der Waals surface area contributed by atoms with Gasteiger partial charge in [-0.05, 0) is 164 Å². The smallest absolute Gasteiger partial charge is 0.265 e. The zero-order valence-corrected chi connectivity index (χ0v) is 84.8. The zero-order chi connectivity index (χ0) is 83.3. The van der Waals surface area contributed by atoms with Crippen molar-refractivity contribution in [3.05, 3.63) is 181 Å². The summed E-state index contributed by atoms with van der Waals surface area (Å²) in [7, 11) is -4.11. The Labute approximate surface area is 727 Å². The van der Waals surface area contributed by atoms with Gasteiger partial charge in [0.2, 0.25) is 0 Å². The number of hydrogen-bond acceptors (Lipinski definition) is 2. The summed E-state index contributed by atoms with van der Waals surface area (Å²) in [5.74, 6) is 2.45. The van der Waals surface area contributed by atoms with Crippen molar-refractivity contribution in [3.63, 3.8) is 0 Å². The Balaban J connectivity index is 0.00000620. The Kier molecular flexibility index (Phi) is 31.0. The van der Waals surface area contributed by atoms with E-state index in [4.69, 9.17) is 9.47 Å². The molecule has 116 heavy (non-hydrogen) atoms. The van der Waals surface area contributed by atoms with Gasteiger partial charge in [-0.2, -0.15) is 0 Å². The summed E-state index contributed by atoms with van der Waals surface area (Å²) in [5.41, 5.74) is 18.5. The van der Waals surface area contributed by atoms with Crippen molar-refractivity contribution in [3.8, 4) is 56.6 Å². The van der Waals surface area contributed by atoms with Gasteiger partial charge in [0, 0.05) is 69.6 Å². The summed E-state index contributed by atoms with van der Waals surface area (Å²) in [6.07, 6.45) is 17.8. The van der Waals surface area contributed by atoms with Gasteiger partial charge in [-0.3, -0.25) is 0 Å². The van der Waals surface area contributed by atoms with Crippen molar-refractivity contribution < 1.29 is 45.5 Å². The quantitative estimate of drug-likeness (QED) is 0.0204. The fourth-order valence-electron chi connectivity index (χ4n) is 18.7. The van der Waals surface area contributed by atoms with Gasteiger partial charge in [-0.15, -0.1) is 0 Å². The topological polar surface area (TPSA) is 75.9 Å². The molecule has 0 fully saturated rings. The van der Waals surface area contributed by atoms with Crippen molar-refractivity contribution in [2.45, 2.75) is 347 Å². The van der Waals surface area contributed by atoms with Crippen LogP contribution in [0.5, 0.6) is 23.0 Å². The molecule has 632 valence electrons. The zero-order valence-electron chi connectivity index (χ0n) is 79.2. The molecule has 8 aromatic carbocycles. The average Bonchev–Trinajstić information content (AvgIpc) is 1.57. The number of ether oxygens (including phenoxy) is 2. The van der Waals surface area contributed by atoms with Gasteiger partial charge in [0.1, 0.15) is 17.9 Å². The maximum absolute atomic E-state index is 14.0. The van der Waals surface area contributed by atoms with E-state index in [1.807, 2.05) is 0 Å². The minimum absolute atomic E-state index is 0. The summed E-state index contributed by atoms with van der Waals surface area (Å²) in [5, 5.41) is 35.5. The van der Waals surface area contributed by atoms with Crippen molar-refractivity contribution >= 4 is 70.1 Å². The molecule has 0 spiro atoms. The van der Waals surface area contributed by atoms with Gasteiger partial charge in [-0.25, -0.2) is 0 Å². The molecule has 2 aromatic heterocycles. The molecule has 10 rings (SSSR count). The van der Waals surface area contributed by atoms with E-state index in [0.29, 0.717) is 19.6 Å². The second-order valence-corrected chi connectivity index (χ2v) is 53.6. The molecule has 0 bridgehead atoms. The van der Waals surface area contributed by atoms with Crippen LogP contribution < -0.4 is 10.4 Å². The Bertz CT molecular complexity index is 4590. The number of fused-ring (bicyclic) bond motifs is 6. The van der Waals surface area contributed by atoms with Crippen LogP contribution in [0.25, 0.3) is 77.2 Å². The van der Waals surface area contributed by atoms with E-state index in [1.54, 1.807) is 0 Å². The average molecular weight is 1770 g/mol. The summed E-state index contributed by atoms with van der Waals surface area (Å²) >= 11 is 0. The first-order valence-corrected chi connectivity index (χ1v) is 50.4. The van der Waals surface area contributed by atoms with Crippen molar-refractivity contribution in [2.24, 2.45) is 10.8 Å². The fourth-order valence-corrected chi connectivity index (χ4v) is 23.8. The van der Waals surface area contributed by atoms with Crippen LogP contribution in [0, 0.1) is 39.5 Å². The minimum Gasteiger partial charge on any atom is -0.582 e. The number of unbranched alkanes of at least 4 members (excludes halogenated alkanes) is 10. The normalized spacial score (nSPS) is 13.1. The van der Waals surface area contributed by atoms with Gasteiger partial charge >= 0.3 is 0 Å². The molecule has 0 saturated heterocycles. The number of rotatable bonds is 30. The van der Waals surface area contributed by atoms with Gasteiger partial charge in [-0.1, -0.05) is 353 Å². The molecule has 0 aliphatic rings. The van der Waals surface area contributed by atoms with E-state index < -0.39 is 16.1 Å². The molecule has 4 N–H and O–H groups in total. The minimum atomic E-state index is -2.06. The third kappa shape index (κ3) is 22.1. The van der Waals surface area contributed by atoms with E-state index in [0.717, 1.165) is 91.2 Å². The third-order valence-electron chi connectivity index (χ3n) is 25.1. The molecular formula is C107H158HfN2O4Si2. The van der Waals surface area contributed by atoms with Crippen molar-refractivity contribution in [1.29, 1.82) is 0 Å². The number of phenolic OH excluding ortho intramolecular Hbond substituents is 2. The summed E-state index contributed by atoms with van der Waals surface area (Å²) in [4.78, 5) is 0. The van der Waals surface area contributed by atoms with Crippen LogP contribution in [0.15, 0.2) is 121 Å². The molecule has 0 amide bonds. The first-order valence-electron chi connectivity index (χ1n) is 44.0. The van der Waals surface area contributed by atoms with Gasteiger partial charge in [0.05, 0.1) is 60.7 Å². The molecular weight excluding hydrogens is 1610 g/mol. The number of aliphatic hydroxyl groups is 2. The maximum Gasteiger partial charge on any atom is 0.265 e. The van der Waals surface area contributed by atoms with E-state index in [2.05, 4.69) is 337 Å². The predicted molar refractivity (Wildman–Crippen MR) is 515 cm³/mol. The monoisotopic (exact) mass is 1770 g/mol. The van der Waals surface area contributed by atoms with Crippen LogP contribution in [-0.4, -0.2) is 58.2 Å². The molecule has 6 nitrogen and oxygen atoms in total. The van der Waals surface area contributed by atoms with Crippen molar-refractivity contribution in [2.75, 3.05) is 13.2 Å². The summed E-state index contributed by atoms with van der Waals surface area (Å²) < 4.78 is 16.5. The van der Waals surface area contributed by atoms with Crippen LogP contribution in [0.3, 0.4) is 0 Å². The Morgan fingerprint density at radius 3 is 0.871 bits per heavy atom. The number of aromatic hydroxyl groups is 4. The van der Waals surface area contributed by atoms with Gasteiger partial charge < -0.3 is 43.7 Å². The molecule has 0 aliphatic heterocycles. The van der Waals surface area contributed by atoms with E-state index in [9.17, 15) is 10.2 Å². The fraction of sp³-hybridized carbons (Fsp3) is 0.533. The Hall–Kier alpha value is -6.14. The molecule has 9 heteroatoms. The second-order valence-electron chi connectivity index (χ2n) is 43.9. The first-order chi connectivity index (χ1) is 52.4. The number of hydrogen-bond donors (Lipinski definition) is 2. The van der Waals surface area contributed by atoms with Crippen LogP contribution in [0.4, 0.5) is 0 Å². The largest absolute Gasteiger partial charge is 0.582 e. The molecule has 0 unspecified atom stereocenters. The number of benzene rings is 8. The van der Waals surface area contributed by atoms with E-state index in [1.165, 1.54) is 154 Å². The van der Waals surface area contributed by atoms with Crippen LogP contribution in [0.2, 0.25) is 38.3 Å². The van der Waals surface area contributed by atoms with Crippen molar-refractivity contribution in [1.82, 2.24) is 9.13 Å². The number of nitrogens with zero attached hydrogens (tertiary/aromatic N) is 2. The standard InChI is InChI=1S/C105H150N2O4Si2.2CH3.Hf/c1-31-33-35-37-39-41-54-112(27,28)78-56-70(3)96(86(66-78)84-58-76(104(23,24)68-98(5,6)7)64-92(94(84)108)106-88-60-72(100(11,12)13)44-48-80(88)81-49-45-73(61-89(81)106)101(14,15)16)110-52-43-53-111-97-71(4)57-79(113(29,30)55-42-40-38-36-34-32-2)67-87(97)85-59-77(105(25,26)69-99(8,9)10)65-93(95(85)109)107-90-62-74(102(17,18)19)46-50-82(90)83-51-47-75(63-91(83)107)103(20,21)22;;;/h44-51,56-67,108-109H,31-43,52-55,68-69H2,1-30H3;2*1H3;/q;2*-1;/p+2. The molecule has 0 saturated carbocycles. The SMILES string of the molecule is CCCCCCCC[Si](C)(C)c1cc(C)c([OH+]CCC[OH+]c2c(C)cc([Si](C)(C)CCCCCCCC)cc2-c2cc(C(C)(C)CC(C)(C)C)cc(-n3c4cc(C(C)(C)C)ccc4c4ccc(C(C)(C)C)cc43)c2O)c(-c2cc(C(C)(C)CC(C)(C)C)cc(-n3c4cc(C(C)(C)C)ccc4c4ccc(C(C)(C)C)cc43)c2O)c1.[CH3-].[CH3-].[Hf].